The van der Waals surface area contributed by atoms with Crippen molar-refractivity contribution in [3.05, 3.63) is 29.3 Å². The number of nitrogens with zero attached hydrogens (tertiary/aromatic N) is 1. The molecule has 1 rings (SSSR count). The Kier molecular flexibility index (Phi) is 9.01. The van der Waals surface area contributed by atoms with Crippen molar-refractivity contribution in [1.82, 2.24) is 0 Å². The van der Waals surface area contributed by atoms with Gasteiger partial charge in [-0.25, -0.2) is 0 Å². The molecule has 21 heavy (non-hydrogen) atoms. The molecular weight excluding hydrogens is 270 g/mol. The highest BCUT2D eigenvalue weighted by Gasteiger charge is 2.05. The van der Waals surface area contributed by atoms with Crippen molar-refractivity contribution in [2.24, 2.45) is 0 Å². The van der Waals surface area contributed by atoms with Crippen LogP contribution in [-0.4, -0.2) is 50.2 Å². The molecule has 0 aromatic heterocycles. The smallest absolute Gasteiger partial charge is 0.0701 e. The monoisotopic (exact) mass is 297 g/mol. The number of hydrogen-bond donors (Lipinski definition) is 2. The van der Waals surface area contributed by atoms with E-state index in [-0.39, 0.29) is 13.2 Å². The second-order valence-corrected chi connectivity index (χ2v) is 4.97. The van der Waals surface area contributed by atoms with Crippen LogP contribution >= 0.6 is 0 Å². The van der Waals surface area contributed by atoms with Crippen LogP contribution in [0.2, 0.25) is 0 Å². The zero-order valence-electron chi connectivity index (χ0n) is 13.0. The lowest BCUT2D eigenvalue weighted by Gasteiger charge is -2.21. The summed E-state index contributed by atoms with van der Waals surface area (Å²) in [5.74, 6) is 0. The molecule has 0 saturated heterocycles. The number of anilines is 1. The molecule has 1 aromatic rings. The molecule has 0 fully saturated rings. The van der Waals surface area contributed by atoms with E-state index in [1.54, 1.807) is 6.07 Å². The number of rotatable bonds is 11. The van der Waals surface area contributed by atoms with Gasteiger partial charge in [0.2, 0.25) is 0 Å². The first-order chi connectivity index (χ1) is 10.2. The molecule has 0 unspecified atom stereocenters. The summed E-state index contributed by atoms with van der Waals surface area (Å²) in [7, 11) is 1.97. The van der Waals surface area contributed by atoms with Gasteiger partial charge in [-0.3, -0.25) is 0 Å². The van der Waals surface area contributed by atoms with Gasteiger partial charge in [-0.05, 0) is 29.7 Å². The molecule has 0 amide bonds. The highest BCUT2D eigenvalue weighted by Crippen LogP contribution is 2.18. The second-order valence-electron chi connectivity index (χ2n) is 4.97. The Hall–Kier alpha value is -1.14. The first-order valence-corrected chi connectivity index (χ1v) is 7.42. The molecule has 0 spiro atoms. The van der Waals surface area contributed by atoms with Crippen molar-refractivity contribution in [2.75, 3.05) is 44.9 Å². The van der Waals surface area contributed by atoms with Crippen molar-refractivity contribution < 1.29 is 19.7 Å². The van der Waals surface area contributed by atoms with E-state index in [1.807, 2.05) is 24.1 Å². The molecule has 120 valence electrons. The summed E-state index contributed by atoms with van der Waals surface area (Å²) in [4.78, 5) is 2.05. The van der Waals surface area contributed by atoms with Crippen LogP contribution in [0.4, 0.5) is 5.69 Å². The van der Waals surface area contributed by atoms with Gasteiger partial charge in [-0.1, -0.05) is 13.0 Å². The van der Waals surface area contributed by atoms with Crippen LogP contribution in [-0.2, 0) is 22.7 Å². The Balaban J connectivity index is 2.36. The molecule has 0 atom stereocenters. The number of benzene rings is 1. The van der Waals surface area contributed by atoms with Gasteiger partial charge in [-0.15, -0.1) is 0 Å². The molecule has 0 saturated carbocycles. The predicted octanol–water partition coefficient (Wildman–Crippen LogP) is 1.55. The molecule has 5 heteroatoms. The lowest BCUT2D eigenvalue weighted by molar-refractivity contribution is 0.0508. The van der Waals surface area contributed by atoms with Crippen LogP contribution in [0.3, 0.4) is 0 Å². The summed E-state index contributed by atoms with van der Waals surface area (Å²) in [5, 5.41) is 18.5. The molecule has 0 radical (unpaired) electrons. The Labute approximate surface area is 127 Å². The summed E-state index contributed by atoms with van der Waals surface area (Å²) in [6, 6.07) is 5.64. The van der Waals surface area contributed by atoms with Crippen molar-refractivity contribution in [3.63, 3.8) is 0 Å². The fourth-order valence-electron chi connectivity index (χ4n) is 1.94. The van der Waals surface area contributed by atoms with Crippen LogP contribution in [0.1, 0.15) is 24.5 Å². The normalized spacial score (nSPS) is 10.9. The summed E-state index contributed by atoms with van der Waals surface area (Å²) in [5.41, 5.74) is 2.58. The summed E-state index contributed by atoms with van der Waals surface area (Å²) >= 11 is 0. The van der Waals surface area contributed by atoms with Gasteiger partial charge >= 0.3 is 0 Å². The highest BCUT2D eigenvalue weighted by atomic mass is 16.5. The van der Waals surface area contributed by atoms with Crippen LogP contribution in [0.5, 0.6) is 0 Å². The van der Waals surface area contributed by atoms with E-state index in [0.717, 1.165) is 36.4 Å². The zero-order valence-corrected chi connectivity index (χ0v) is 13.0. The summed E-state index contributed by atoms with van der Waals surface area (Å²) in [6.07, 6.45) is 1.02. The maximum absolute atomic E-state index is 9.24. The first-order valence-electron chi connectivity index (χ1n) is 7.42. The lowest BCUT2D eigenvalue weighted by Crippen LogP contribution is -2.23. The Morgan fingerprint density at radius 3 is 2.00 bits per heavy atom. The van der Waals surface area contributed by atoms with Gasteiger partial charge in [-0.2, -0.15) is 0 Å². The van der Waals surface area contributed by atoms with E-state index in [9.17, 15) is 10.2 Å². The number of likely N-dealkylation sites (N-methyl/N-ethyl adjacent to an activating group) is 1. The average Bonchev–Trinajstić information content (AvgIpc) is 2.53. The van der Waals surface area contributed by atoms with Gasteiger partial charge < -0.3 is 24.6 Å². The minimum atomic E-state index is -0.0278. The van der Waals surface area contributed by atoms with Gasteiger partial charge in [0.05, 0.1) is 33.0 Å². The van der Waals surface area contributed by atoms with E-state index < -0.39 is 0 Å². The molecule has 1 aromatic carbocycles. The molecular formula is C16H27NO4. The van der Waals surface area contributed by atoms with Gasteiger partial charge in [0.1, 0.15) is 0 Å². The minimum Gasteiger partial charge on any atom is -0.392 e. The van der Waals surface area contributed by atoms with Crippen molar-refractivity contribution in [2.45, 2.75) is 26.6 Å². The van der Waals surface area contributed by atoms with Crippen molar-refractivity contribution in [1.29, 1.82) is 0 Å². The number of aliphatic hydroxyl groups is 2. The molecule has 0 aliphatic heterocycles. The number of ether oxygens (including phenoxy) is 2. The van der Waals surface area contributed by atoms with Gasteiger partial charge in [0, 0.05) is 25.9 Å². The Morgan fingerprint density at radius 2 is 1.48 bits per heavy atom. The van der Waals surface area contributed by atoms with Gasteiger partial charge in [0.15, 0.2) is 0 Å². The maximum atomic E-state index is 9.24. The second kappa shape index (κ2) is 10.6. The first kappa shape index (κ1) is 17.9. The van der Waals surface area contributed by atoms with Crippen LogP contribution in [0, 0.1) is 0 Å². The molecule has 0 aliphatic carbocycles. The molecule has 5 nitrogen and oxygen atoms in total. The van der Waals surface area contributed by atoms with Gasteiger partial charge in [0.25, 0.3) is 0 Å². The van der Waals surface area contributed by atoms with Crippen LogP contribution in [0.15, 0.2) is 18.2 Å². The van der Waals surface area contributed by atoms with E-state index in [0.29, 0.717) is 19.8 Å². The van der Waals surface area contributed by atoms with Crippen LogP contribution in [0.25, 0.3) is 0 Å². The van der Waals surface area contributed by atoms with E-state index in [2.05, 4.69) is 6.92 Å². The molecule has 2 N–H and O–H groups in total. The fourth-order valence-corrected chi connectivity index (χ4v) is 1.94. The molecule has 0 aliphatic rings. The topological polar surface area (TPSA) is 62.2 Å². The fraction of sp³-hybridized carbons (Fsp3) is 0.625. The Bertz CT molecular complexity index is 376. The lowest BCUT2D eigenvalue weighted by atomic mass is 10.1. The minimum absolute atomic E-state index is 0.0278. The number of hydrogen-bond acceptors (Lipinski definition) is 5. The quantitative estimate of drug-likeness (QED) is 0.607. The zero-order chi connectivity index (χ0) is 15.5. The molecule has 0 heterocycles. The standard InChI is InChI=1S/C16H27NO4/c1-3-5-20-7-8-21-6-4-17(2)16-10-14(12-18)9-15(11-16)13-19/h9-11,18-19H,3-8,12-13H2,1-2H3. The predicted molar refractivity (Wildman–Crippen MR) is 83.5 cm³/mol. The molecule has 0 bridgehead atoms. The van der Waals surface area contributed by atoms with Crippen LogP contribution < -0.4 is 4.90 Å². The highest BCUT2D eigenvalue weighted by molar-refractivity contribution is 5.50. The third-order valence-corrected chi connectivity index (χ3v) is 3.13. The average molecular weight is 297 g/mol. The Morgan fingerprint density at radius 1 is 0.905 bits per heavy atom. The maximum Gasteiger partial charge on any atom is 0.0701 e. The van der Waals surface area contributed by atoms with E-state index in [4.69, 9.17) is 9.47 Å². The SMILES string of the molecule is CCCOCCOCCN(C)c1cc(CO)cc(CO)c1. The number of aliphatic hydroxyl groups excluding tert-OH is 2. The van der Waals surface area contributed by atoms with Crippen molar-refractivity contribution in [3.8, 4) is 0 Å². The van der Waals surface area contributed by atoms with E-state index >= 15 is 0 Å². The summed E-state index contributed by atoms with van der Waals surface area (Å²) in [6.45, 7) is 5.40. The summed E-state index contributed by atoms with van der Waals surface area (Å²) < 4.78 is 10.9. The van der Waals surface area contributed by atoms with E-state index in [1.165, 1.54) is 0 Å². The largest absolute Gasteiger partial charge is 0.392 e. The third-order valence-electron chi connectivity index (χ3n) is 3.13. The van der Waals surface area contributed by atoms with Crippen molar-refractivity contribution >= 4 is 5.69 Å². The third kappa shape index (κ3) is 6.91.